The molecule has 0 aliphatic rings. The highest BCUT2D eigenvalue weighted by molar-refractivity contribution is 6.33. The molecule has 0 spiro atoms. The molecule has 0 aliphatic carbocycles. The Hall–Kier alpha value is -2.91. The molecular formula is C22H19ClN2O. The number of carbonyl (C=O) groups is 1. The smallest absolute Gasteiger partial charge is 0.273 e. The third-order valence-corrected chi connectivity index (χ3v) is 4.40. The first-order valence-corrected chi connectivity index (χ1v) is 8.69. The van der Waals surface area contributed by atoms with Crippen LogP contribution < -0.4 is 0 Å². The molecule has 0 aliphatic heterocycles. The van der Waals surface area contributed by atoms with E-state index in [-0.39, 0.29) is 5.91 Å². The minimum atomic E-state index is -0.163. The Labute approximate surface area is 158 Å². The second kappa shape index (κ2) is 7.98. The van der Waals surface area contributed by atoms with Crippen molar-refractivity contribution in [3.05, 3.63) is 90.6 Å². The molecule has 1 aromatic heterocycles. The van der Waals surface area contributed by atoms with Gasteiger partial charge in [-0.15, -0.1) is 13.2 Å². The van der Waals surface area contributed by atoms with Gasteiger partial charge in [-0.1, -0.05) is 66.2 Å². The molecule has 0 saturated heterocycles. The summed E-state index contributed by atoms with van der Waals surface area (Å²) >= 11 is 6.39. The van der Waals surface area contributed by atoms with Gasteiger partial charge in [0, 0.05) is 29.1 Å². The summed E-state index contributed by atoms with van der Waals surface area (Å²) in [4.78, 5) is 19.3. The topological polar surface area (TPSA) is 33.2 Å². The van der Waals surface area contributed by atoms with Crippen LogP contribution in [0.4, 0.5) is 0 Å². The highest BCUT2D eigenvalue weighted by Crippen LogP contribution is 2.32. The predicted molar refractivity (Wildman–Crippen MR) is 108 cm³/mol. The van der Waals surface area contributed by atoms with Gasteiger partial charge < -0.3 is 4.90 Å². The Morgan fingerprint density at radius 3 is 2.38 bits per heavy atom. The number of hydrogen-bond acceptors (Lipinski definition) is 2. The van der Waals surface area contributed by atoms with E-state index in [9.17, 15) is 4.79 Å². The molecule has 0 atom stereocenters. The monoisotopic (exact) mass is 361 g/mol. The summed E-state index contributed by atoms with van der Waals surface area (Å²) < 4.78 is 0. The summed E-state index contributed by atoms with van der Waals surface area (Å²) in [5.74, 6) is -0.163. The molecule has 3 aromatic rings. The first kappa shape index (κ1) is 17.9. The standard InChI is InChI=1S/C22H19ClN2O/c1-3-13-25(14-4-2)22(26)20-15-16-9-5-6-10-17(16)21(24-20)18-11-7-8-12-19(18)23/h3-12,15H,1-2,13-14H2/i22-1. The van der Waals surface area contributed by atoms with Crippen LogP contribution in [0.2, 0.25) is 5.02 Å². The minimum Gasteiger partial charge on any atom is -0.330 e. The van der Waals surface area contributed by atoms with Gasteiger partial charge in [0.15, 0.2) is 0 Å². The zero-order valence-electron chi connectivity index (χ0n) is 14.4. The van der Waals surface area contributed by atoms with Crippen LogP contribution in [0.15, 0.2) is 79.9 Å². The summed E-state index contributed by atoms with van der Waals surface area (Å²) in [6.45, 7) is 8.30. The Morgan fingerprint density at radius 1 is 1.04 bits per heavy atom. The highest BCUT2D eigenvalue weighted by Gasteiger charge is 2.18. The molecule has 1 amide bonds. The molecule has 4 heteroatoms. The molecule has 130 valence electrons. The van der Waals surface area contributed by atoms with E-state index in [0.717, 1.165) is 16.3 Å². The van der Waals surface area contributed by atoms with Gasteiger partial charge >= 0.3 is 0 Å². The Morgan fingerprint density at radius 2 is 1.69 bits per heavy atom. The van der Waals surface area contributed by atoms with Gasteiger partial charge in [0.05, 0.1) is 5.69 Å². The number of hydrogen-bond donors (Lipinski definition) is 0. The summed E-state index contributed by atoms with van der Waals surface area (Å²) in [6.07, 6.45) is 3.38. The van der Waals surface area contributed by atoms with Crippen LogP contribution in [-0.2, 0) is 0 Å². The number of halogens is 1. The number of aromatic nitrogens is 1. The third kappa shape index (κ3) is 3.53. The van der Waals surface area contributed by atoms with Gasteiger partial charge in [0.1, 0.15) is 5.69 Å². The summed E-state index contributed by atoms with van der Waals surface area (Å²) in [5.41, 5.74) is 1.88. The zero-order chi connectivity index (χ0) is 18.5. The van der Waals surface area contributed by atoms with Crippen molar-refractivity contribution in [2.75, 3.05) is 13.1 Å². The van der Waals surface area contributed by atoms with E-state index in [4.69, 9.17) is 11.6 Å². The third-order valence-electron chi connectivity index (χ3n) is 4.07. The van der Waals surface area contributed by atoms with E-state index in [0.29, 0.717) is 29.5 Å². The predicted octanol–water partition coefficient (Wildman–Crippen LogP) is 5.37. The van der Waals surface area contributed by atoms with Crippen molar-refractivity contribution < 1.29 is 4.79 Å². The first-order valence-electron chi connectivity index (χ1n) is 8.31. The molecule has 3 rings (SSSR count). The molecule has 1 heterocycles. The van der Waals surface area contributed by atoms with Crippen molar-refractivity contribution in [3.8, 4) is 11.3 Å². The van der Waals surface area contributed by atoms with E-state index in [1.807, 2.05) is 54.6 Å². The molecule has 0 saturated carbocycles. The number of fused-ring (bicyclic) bond motifs is 1. The van der Waals surface area contributed by atoms with Gasteiger partial charge in [0.2, 0.25) is 0 Å². The second-order valence-corrected chi connectivity index (χ2v) is 6.25. The van der Waals surface area contributed by atoms with E-state index < -0.39 is 0 Å². The molecular weight excluding hydrogens is 343 g/mol. The molecule has 0 unspecified atom stereocenters. The highest BCUT2D eigenvalue weighted by atomic mass is 35.5. The quantitative estimate of drug-likeness (QED) is 0.553. The maximum Gasteiger partial charge on any atom is 0.273 e. The van der Waals surface area contributed by atoms with Crippen molar-refractivity contribution in [1.82, 2.24) is 9.88 Å². The van der Waals surface area contributed by atoms with Crippen LogP contribution in [0.1, 0.15) is 10.5 Å². The number of carbonyl (C=O) groups excluding carboxylic acids is 1. The maximum atomic E-state index is 13.0. The van der Waals surface area contributed by atoms with E-state index >= 15 is 0 Å². The van der Waals surface area contributed by atoms with Crippen molar-refractivity contribution in [1.29, 1.82) is 0 Å². The number of benzene rings is 2. The molecule has 26 heavy (non-hydrogen) atoms. The van der Waals surface area contributed by atoms with Crippen LogP contribution in [-0.4, -0.2) is 28.9 Å². The average Bonchev–Trinajstić information content (AvgIpc) is 2.67. The van der Waals surface area contributed by atoms with E-state index in [2.05, 4.69) is 18.1 Å². The lowest BCUT2D eigenvalue weighted by Crippen LogP contribution is -2.32. The van der Waals surface area contributed by atoms with Crippen LogP contribution >= 0.6 is 11.6 Å². The van der Waals surface area contributed by atoms with Crippen LogP contribution in [0, 0.1) is 0 Å². The van der Waals surface area contributed by atoms with Crippen molar-refractivity contribution >= 4 is 28.3 Å². The van der Waals surface area contributed by atoms with Crippen molar-refractivity contribution in [2.45, 2.75) is 0 Å². The number of amides is 1. The van der Waals surface area contributed by atoms with Crippen LogP contribution in [0.3, 0.4) is 0 Å². The van der Waals surface area contributed by atoms with Gasteiger partial charge in [-0.2, -0.15) is 0 Å². The normalized spacial score (nSPS) is 10.5. The number of nitrogens with zero attached hydrogens (tertiary/aromatic N) is 2. The molecule has 3 nitrogen and oxygen atoms in total. The Bertz CT molecular complexity index is 971. The van der Waals surface area contributed by atoms with Gasteiger partial charge in [-0.3, -0.25) is 4.79 Å². The molecule has 0 radical (unpaired) electrons. The Kier molecular flexibility index (Phi) is 5.49. The molecule has 0 bridgehead atoms. The van der Waals surface area contributed by atoms with Crippen LogP contribution in [0.25, 0.3) is 22.0 Å². The summed E-state index contributed by atoms with van der Waals surface area (Å²) in [7, 11) is 0. The average molecular weight is 362 g/mol. The summed E-state index contributed by atoms with van der Waals surface area (Å²) in [6, 6.07) is 17.2. The van der Waals surface area contributed by atoms with Gasteiger partial charge in [0.25, 0.3) is 5.91 Å². The Balaban J connectivity index is 2.19. The fourth-order valence-corrected chi connectivity index (χ4v) is 3.11. The number of pyridine rings is 1. The number of rotatable bonds is 6. The van der Waals surface area contributed by atoms with Gasteiger partial charge in [-0.05, 0) is 17.5 Å². The SMILES string of the molecule is C=CCN(CC=C)[11C](=O)c1cc2ccccc2c(-c2ccccc2Cl)n1. The fraction of sp³-hybridized carbons (Fsp3) is 0.0909. The van der Waals surface area contributed by atoms with E-state index in [1.54, 1.807) is 17.1 Å². The molecule has 0 fully saturated rings. The van der Waals surface area contributed by atoms with Crippen molar-refractivity contribution in [3.63, 3.8) is 0 Å². The zero-order valence-corrected chi connectivity index (χ0v) is 15.1. The lowest BCUT2D eigenvalue weighted by Gasteiger charge is -2.19. The lowest BCUT2D eigenvalue weighted by atomic mass is 9.89. The minimum absolute atomic E-state index is 0.163. The van der Waals surface area contributed by atoms with E-state index in [1.165, 1.54) is 0 Å². The second-order valence-electron chi connectivity index (χ2n) is 5.84. The first-order chi connectivity index (χ1) is 12.7. The molecule has 2 aromatic carbocycles. The van der Waals surface area contributed by atoms with Crippen LogP contribution in [0.5, 0.6) is 0 Å². The fourth-order valence-electron chi connectivity index (χ4n) is 2.88. The van der Waals surface area contributed by atoms with Crippen molar-refractivity contribution in [2.24, 2.45) is 0 Å². The summed E-state index contributed by atoms with van der Waals surface area (Å²) in [5, 5.41) is 2.50. The van der Waals surface area contributed by atoms with Gasteiger partial charge in [-0.25, -0.2) is 4.98 Å². The largest absolute Gasteiger partial charge is 0.330 e. The lowest BCUT2D eigenvalue weighted by molar-refractivity contribution is 0.0785. The molecule has 0 N–H and O–H groups in total. The maximum absolute atomic E-state index is 13.0.